The number of likely N-dealkylation sites (tertiary alicyclic amines) is 1. The molecule has 2 saturated heterocycles. The minimum atomic E-state index is -4.99. The molecule has 2 heterocycles. The van der Waals surface area contributed by atoms with Gasteiger partial charge in [-0.3, -0.25) is 23.9 Å². The first-order valence-corrected chi connectivity index (χ1v) is 11.3. The Morgan fingerprint density at radius 3 is 2.48 bits per heavy atom. The van der Waals surface area contributed by atoms with Crippen molar-refractivity contribution in [2.24, 2.45) is 23.2 Å². The highest BCUT2D eigenvalue weighted by Crippen LogP contribution is 2.59. The van der Waals surface area contributed by atoms with Crippen LogP contribution in [0.25, 0.3) is 0 Å². The molecule has 0 radical (unpaired) electrons. The number of halogens is 3. The van der Waals surface area contributed by atoms with Crippen molar-refractivity contribution in [2.45, 2.75) is 77.4 Å². The monoisotopic (exact) mass is 476 g/mol. The lowest BCUT2D eigenvalue weighted by Gasteiger charge is -2.30. The fraction of sp³-hybridized carbons (Fsp3) is 0.818. The molecule has 8 nitrogen and oxygen atoms in total. The number of fused-ring (bicyclic) bond motifs is 1. The van der Waals surface area contributed by atoms with Gasteiger partial charge in [0.2, 0.25) is 5.91 Å². The zero-order valence-corrected chi connectivity index (χ0v) is 19.0. The summed E-state index contributed by atoms with van der Waals surface area (Å²) in [5, 5.41) is 12.9. The van der Waals surface area contributed by atoms with Crippen LogP contribution in [0.5, 0.6) is 0 Å². The number of alkyl halides is 3. The topological polar surface area (TPSA) is 113 Å². The maximum atomic E-state index is 13.2. The summed E-state index contributed by atoms with van der Waals surface area (Å²) in [7, 11) is 0. The van der Waals surface area contributed by atoms with Crippen LogP contribution in [0.15, 0.2) is 0 Å². The molecule has 0 spiro atoms. The van der Waals surface area contributed by atoms with Crippen LogP contribution in [0.1, 0.15) is 52.9 Å². The average Bonchev–Trinajstić information content (AvgIpc) is 3.04. The Balaban J connectivity index is 1.74. The molecule has 6 atom stereocenters. The van der Waals surface area contributed by atoms with E-state index in [0.717, 1.165) is 0 Å². The molecule has 2 N–H and O–H groups in total. The summed E-state index contributed by atoms with van der Waals surface area (Å²) in [6.45, 7) is 4.47. The number of hydrogen-bond donors (Lipinski definition) is 2. The number of carbonyl (C=O) groups excluding carboxylic acids is 4. The highest BCUT2D eigenvalue weighted by atomic mass is 19.4. The van der Waals surface area contributed by atoms with Crippen molar-refractivity contribution in [2.75, 3.05) is 13.2 Å². The molecule has 186 valence electrons. The van der Waals surface area contributed by atoms with Crippen LogP contribution in [0.4, 0.5) is 13.2 Å². The second kappa shape index (κ2) is 9.32. The number of ether oxygens (including phenoxy) is 1. The molecule has 33 heavy (non-hydrogen) atoms. The molecule has 2 aliphatic heterocycles. The maximum Gasteiger partial charge on any atom is 0.522 e. The predicted molar refractivity (Wildman–Crippen MR) is 108 cm³/mol. The summed E-state index contributed by atoms with van der Waals surface area (Å²) >= 11 is 0. The molecular weight excluding hydrogens is 445 g/mol. The molecule has 1 aliphatic carbocycles. The van der Waals surface area contributed by atoms with Gasteiger partial charge in [0.1, 0.15) is 12.7 Å². The van der Waals surface area contributed by atoms with Gasteiger partial charge in [-0.25, -0.2) is 0 Å². The molecule has 1 saturated carbocycles. The lowest BCUT2D eigenvalue weighted by Crippen LogP contribution is -2.49. The van der Waals surface area contributed by atoms with Gasteiger partial charge >= 0.3 is 6.36 Å². The normalized spacial score (nSPS) is 30.7. The number of Topliss-reactive ketones (excluding diaryl/α,β-unsaturated/α-hetero) is 2. The Bertz CT molecular complexity index is 816. The SMILES string of the molecule is CC(C)[C@@H](O)C(=O)N1[C@H](C(=O)C[C@@H](C[C@@H]2CCNC2=O)C(=O)COC(F)(F)F)C[C@@]2(C)C[C@@H]12. The quantitative estimate of drug-likeness (QED) is 0.495. The molecule has 3 aliphatic rings. The van der Waals surface area contributed by atoms with Gasteiger partial charge < -0.3 is 15.3 Å². The molecular formula is C22H31F3N2O6. The predicted octanol–water partition coefficient (Wildman–Crippen LogP) is 1.59. The van der Waals surface area contributed by atoms with E-state index in [9.17, 15) is 37.5 Å². The summed E-state index contributed by atoms with van der Waals surface area (Å²) in [5.41, 5.74) is -0.253. The van der Waals surface area contributed by atoms with E-state index in [2.05, 4.69) is 10.1 Å². The van der Waals surface area contributed by atoms with Crippen LogP contribution in [0, 0.1) is 23.2 Å². The first-order valence-electron chi connectivity index (χ1n) is 11.3. The van der Waals surface area contributed by atoms with Crippen LogP contribution in [0.2, 0.25) is 0 Å². The lowest BCUT2D eigenvalue weighted by atomic mass is 9.84. The highest BCUT2D eigenvalue weighted by Gasteiger charge is 2.64. The summed E-state index contributed by atoms with van der Waals surface area (Å²) in [5.74, 6) is -4.27. The van der Waals surface area contributed by atoms with Crippen LogP contribution >= 0.6 is 0 Å². The number of rotatable bonds is 10. The van der Waals surface area contributed by atoms with Crippen molar-refractivity contribution in [1.29, 1.82) is 0 Å². The van der Waals surface area contributed by atoms with E-state index in [-0.39, 0.29) is 29.7 Å². The maximum absolute atomic E-state index is 13.2. The molecule has 3 rings (SSSR count). The molecule has 0 bridgehead atoms. The second-order valence-electron chi connectivity index (χ2n) is 10.1. The molecule has 3 fully saturated rings. The first kappa shape index (κ1) is 25.6. The number of hydrogen-bond acceptors (Lipinski definition) is 6. The Kier molecular flexibility index (Phi) is 7.24. The zero-order chi connectivity index (χ0) is 24.7. The van der Waals surface area contributed by atoms with Gasteiger partial charge in [-0.15, -0.1) is 13.2 Å². The van der Waals surface area contributed by atoms with Crippen LogP contribution in [-0.2, 0) is 23.9 Å². The standard InChI is InChI=1S/C22H31F3N2O6/c1-11(2)18(30)20(32)27-14(8-21(3)9-17(21)27)15(28)7-13(6-12-4-5-26-19(12)31)16(29)10-33-22(23,24)25/h11-14,17-18,30H,4-10H2,1-3H3,(H,26,31)/t12-,13+,14-,17+,18+,21-/m0/s1. The zero-order valence-electron chi connectivity index (χ0n) is 19.0. The van der Waals surface area contributed by atoms with Crippen LogP contribution in [0.3, 0.4) is 0 Å². The van der Waals surface area contributed by atoms with E-state index in [0.29, 0.717) is 25.8 Å². The number of nitrogens with zero attached hydrogens (tertiary/aromatic N) is 1. The average molecular weight is 476 g/mol. The van der Waals surface area contributed by atoms with E-state index in [1.807, 2.05) is 6.92 Å². The van der Waals surface area contributed by atoms with Gasteiger partial charge in [0.05, 0.1) is 6.04 Å². The molecule has 0 aromatic rings. The van der Waals surface area contributed by atoms with Gasteiger partial charge in [-0.2, -0.15) is 0 Å². The number of piperidine rings is 1. The van der Waals surface area contributed by atoms with Crippen molar-refractivity contribution in [1.82, 2.24) is 10.2 Å². The fourth-order valence-corrected chi connectivity index (χ4v) is 5.00. The molecule has 2 amide bonds. The molecule has 11 heteroatoms. The van der Waals surface area contributed by atoms with E-state index in [1.165, 1.54) is 4.90 Å². The van der Waals surface area contributed by atoms with Gasteiger partial charge in [-0.05, 0) is 37.0 Å². The summed E-state index contributed by atoms with van der Waals surface area (Å²) in [4.78, 5) is 52.1. The number of aliphatic hydroxyl groups is 1. The number of nitrogens with one attached hydrogen (secondary N) is 1. The highest BCUT2D eigenvalue weighted by molar-refractivity contribution is 5.95. The van der Waals surface area contributed by atoms with Gasteiger partial charge in [0, 0.05) is 30.8 Å². The number of amides is 2. The molecule has 0 aromatic carbocycles. The van der Waals surface area contributed by atoms with Gasteiger partial charge in [0.15, 0.2) is 11.6 Å². The summed E-state index contributed by atoms with van der Waals surface area (Å²) < 4.78 is 41.0. The first-order chi connectivity index (χ1) is 15.2. The molecule has 0 aromatic heterocycles. The third-order valence-corrected chi connectivity index (χ3v) is 7.16. The van der Waals surface area contributed by atoms with Crippen molar-refractivity contribution in [3.63, 3.8) is 0 Å². The van der Waals surface area contributed by atoms with E-state index in [4.69, 9.17) is 0 Å². The number of ketones is 2. The third kappa shape index (κ3) is 5.74. The minimum Gasteiger partial charge on any atom is -0.383 e. The Morgan fingerprint density at radius 1 is 1.27 bits per heavy atom. The van der Waals surface area contributed by atoms with Crippen LogP contribution in [-0.4, -0.2) is 71.1 Å². The third-order valence-electron chi connectivity index (χ3n) is 7.16. The Morgan fingerprint density at radius 2 is 1.94 bits per heavy atom. The van der Waals surface area contributed by atoms with E-state index < -0.39 is 60.8 Å². The lowest BCUT2D eigenvalue weighted by molar-refractivity contribution is -0.321. The van der Waals surface area contributed by atoms with Gasteiger partial charge in [-0.1, -0.05) is 20.8 Å². The van der Waals surface area contributed by atoms with E-state index in [1.54, 1.807) is 13.8 Å². The van der Waals surface area contributed by atoms with E-state index >= 15 is 0 Å². The van der Waals surface area contributed by atoms with Crippen molar-refractivity contribution in [3.05, 3.63) is 0 Å². The van der Waals surface area contributed by atoms with Crippen molar-refractivity contribution < 1.29 is 42.2 Å². The second-order valence-corrected chi connectivity index (χ2v) is 10.1. The fourth-order valence-electron chi connectivity index (χ4n) is 5.00. The smallest absolute Gasteiger partial charge is 0.383 e. The Hall–Kier alpha value is -2.01. The summed E-state index contributed by atoms with van der Waals surface area (Å²) in [6, 6.07) is -1.04. The number of aliphatic hydroxyl groups excluding tert-OH is 1. The summed E-state index contributed by atoms with van der Waals surface area (Å²) in [6.07, 6.45) is -5.22. The van der Waals surface area contributed by atoms with Gasteiger partial charge in [0.25, 0.3) is 5.91 Å². The largest absolute Gasteiger partial charge is 0.522 e. The number of carbonyl (C=O) groups is 4. The molecule has 0 unspecified atom stereocenters. The minimum absolute atomic E-state index is 0.0619. The van der Waals surface area contributed by atoms with Crippen LogP contribution < -0.4 is 5.32 Å². The van der Waals surface area contributed by atoms with Crippen molar-refractivity contribution >= 4 is 23.4 Å². The Labute approximate surface area is 190 Å². The van der Waals surface area contributed by atoms with Crippen molar-refractivity contribution in [3.8, 4) is 0 Å².